The molecule has 4 nitrogen and oxygen atoms in total. The Morgan fingerprint density at radius 3 is 2.82 bits per heavy atom. The first-order chi connectivity index (χ1) is 5.24. The molecule has 0 aliphatic carbocycles. The second-order valence-electron chi connectivity index (χ2n) is 2.06. The van der Waals surface area contributed by atoms with Crippen molar-refractivity contribution in [1.82, 2.24) is 10.3 Å². The minimum Gasteiger partial charge on any atom is -0.397 e. The zero-order valence-corrected chi connectivity index (χ0v) is 6.16. The Kier molecular flexibility index (Phi) is 2.06. The van der Waals surface area contributed by atoms with Crippen molar-refractivity contribution in [3.8, 4) is 0 Å². The van der Waals surface area contributed by atoms with Gasteiger partial charge in [0.05, 0.1) is 11.9 Å². The molecule has 0 aliphatic rings. The van der Waals surface area contributed by atoms with Gasteiger partial charge in [-0.05, 0) is 12.1 Å². The van der Waals surface area contributed by atoms with Crippen LogP contribution >= 0.6 is 0 Å². The fraction of sp³-hybridized carbons (Fsp3) is 0.143. The molecule has 1 aromatic rings. The Morgan fingerprint density at radius 2 is 2.36 bits per heavy atom. The maximum absolute atomic E-state index is 10.9. The maximum atomic E-state index is 10.9. The molecule has 4 heteroatoms. The number of nitrogen functional groups attached to an aromatic ring is 1. The molecule has 0 aliphatic heterocycles. The maximum Gasteiger partial charge on any atom is 0.269 e. The lowest BCUT2D eigenvalue weighted by Crippen LogP contribution is -2.18. The molecule has 1 amide bonds. The van der Waals surface area contributed by atoms with Crippen LogP contribution in [0.1, 0.15) is 10.5 Å². The van der Waals surface area contributed by atoms with E-state index in [1.807, 2.05) is 0 Å². The van der Waals surface area contributed by atoms with E-state index >= 15 is 0 Å². The number of nitrogens with two attached hydrogens (primary N) is 1. The van der Waals surface area contributed by atoms with Gasteiger partial charge in [0.25, 0.3) is 5.91 Å². The van der Waals surface area contributed by atoms with Crippen LogP contribution in [-0.2, 0) is 0 Å². The largest absolute Gasteiger partial charge is 0.397 e. The van der Waals surface area contributed by atoms with Gasteiger partial charge in [-0.25, -0.2) is 4.98 Å². The number of nitrogens with one attached hydrogen (secondary N) is 1. The van der Waals surface area contributed by atoms with Gasteiger partial charge in [0, 0.05) is 7.05 Å². The van der Waals surface area contributed by atoms with Gasteiger partial charge >= 0.3 is 0 Å². The Labute approximate surface area is 64.4 Å². The number of carbonyl (C=O) groups excluding carboxylic acids is 1. The topological polar surface area (TPSA) is 68.0 Å². The summed E-state index contributed by atoms with van der Waals surface area (Å²) in [5, 5.41) is 2.46. The molecule has 1 heterocycles. The molecule has 1 rings (SSSR count). The molecule has 0 atom stereocenters. The van der Waals surface area contributed by atoms with Gasteiger partial charge in [-0.1, -0.05) is 0 Å². The van der Waals surface area contributed by atoms with E-state index in [1.54, 1.807) is 19.2 Å². The summed E-state index contributed by atoms with van der Waals surface area (Å²) < 4.78 is 0. The molecule has 11 heavy (non-hydrogen) atoms. The van der Waals surface area contributed by atoms with E-state index in [9.17, 15) is 4.79 Å². The highest BCUT2D eigenvalue weighted by Crippen LogP contribution is 1.99. The lowest BCUT2D eigenvalue weighted by Gasteiger charge is -1.97. The van der Waals surface area contributed by atoms with Crippen molar-refractivity contribution < 1.29 is 4.79 Å². The summed E-state index contributed by atoms with van der Waals surface area (Å²) in [7, 11) is 1.56. The molecule has 0 spiro atoms. The van der Waals surface area contributed by atoms with Crippen LogP contribution in [0.2, 0.25) is 0 Å². The predicted molar refractivity (Wildman–Crippen MR) is 42.0 cm³/mol. The van der Waals surface area contributed by atoms with Crippen LogP contribution in [0.25, 0.3) is 0 Å². The van der Waals surface area contributed by atoms with E-state index in [1.165, 1.54) is 6.20 Å². The van der Waals surface area contributed by atoms with Crippen molar-refractivity contribution in [2.24, 2.45) is 0 Å². The van der Waals surface area contributed by atoms with Crippen LogP contribution in [0.5, 0.6) is 0 Å². The van der Waals surface area contributed by atoms with E-state index in [0.717, 1.165) is 0 Å². The summed E-state index contributed by atoms with van der Waals surface area (Å²) in [5.41, 5.74) is 6.30. The van der Waals surface area contributed by atoms with Gasteiger partial charge in [0.1, 0.15) is 5.69 Å². The van der Waals surface area contributed by atoms with E-state index in [-0.39, 0.29) is 5.91 Å². The number of nitrogens with zero attached hydrogens (tertiary/aromatic N) is 1. The second-order valence-corrected chi connectivity index (χ2v) is 2.06. The summed E-state index contributed by atoms with van der Waals surface area (Å²) in [6.45, 7) is 0. The van der Waals surface area contributed by atoms with E-state index in [2.05, 4.69) is 10.3 Å². The molecule has 0 saturated carbocycles. The third kappa shape index (κ3) is 1.67. The molecule has 3 N–H and O–H groups in total. The van der Waals surface area contributed by atoms with Crippen molar-refractivity contribution in [3.05, 3.63) is 24.0 Å². The van der Waals surface area contributed by atoms with Crippen LogP contribution in [0.4, 0.5) is 5.69 Å². The molecule has 0 saturated heterocycles. The predicted octanol–water partition coefficient (Wildman–Crippen LogP) is 0.0234. The van der Waals surface area contributed by atoms with Crippen LogP contribution in [0.3, 0.4) is 0 Å². The second kappa shape index (κ2) is 3.01. The monoisotopic (exact) mass is 151 g/mol. The first kappa shape index (κ1) is 7.53. The normalized spacial score (nSPS) is 9.18. The van der Waals surface area contributed by atoms with Gasteiger partial charge in [-0.2, -0.15) is 0 Å². The summed E-state index contributed by atoms with van der Waals surface area (Å²) in [5.74, 6) is -0.204. The van der Waals surface area contributed by atoms with E-state index < -0.39 is 0 Å². The molecular weight excluding hydrogens is 142 g/mol. The minimum atomic E-state index is -0.204. The summed E-state index contributed by atoms with van der Waals surface area (Å²) >= 11 is 0. The lowest BCUT2D eigenvalue weighted by atomic mass is 10.3. The molecule has 0 radical (unpaired) electrons. The third-order valence-electron chi connectivity index (χ3n) is 1.25. The molecular formula is C7H9N3O. The average Bonchev–Trinajstić information content (AvgIpc) is 2.05. The Morgan fingerprint density at radius 1 is 1.64 bits per heavy atom. The van der Waals surface area contributed by atoms with Gasteiger partial charge in [0.2, 0.25) is 0 Å². The number of hydrogen-bond acceptors (Lipinski definition) is 3. The van der Waals surface area contributed by atoms with Crippen molar-refractivity contribution in [2.45, 2.75) is 0 Å². The highest BCUT2D eigenvalue weighted by molar-refractivity contribution is 5.92. The van der Waals surface area contributed by atoms with Crippen molar-refractivity contribution >= 4 is 11.6 Å². The first-order valence-electron chi connectivity index (χ1n) is 3.17. The average molecular weight is 151 g/mol. The van der Waals surface area contributed by atoms with E-state index in [0.29, 0.717) is 11.4 Å². The van der Waals surface area contributed by atoms with Gasteiger partial charge < -0.3 is 11.1 Å². The van der Waals surface area contributed by atoms with Gasteiger partial charge in [-0.15, -0.1) is 0 Å². The summed E-state index contributed by atoms with van der Waals surface area (Å²) in [6, 6.07) is 3.21. The Bertz CT molecular complexity index is 255. The molecule has 0 aromatic carbocycles. The quantitative estimate of drug-likeness (QED) is 0.594. The van der Waals surface area contributed by atoms with Crippen LogP contribution < -0.4 is 11.1 Å². The Balaban J connectivity index is 2.90. The molecule has 1 aromatic heterocycles. The molecule has 0 unspecified atom stereocenters. The number of carbonyl (C=O) groups is 1. The van der Waals surface area contributed by atoms with Crippen LogP contribution in [0.15, 0.2) is 18.3 Å². The summed E-state index contributed by atoms with van der Waals surface area (Å²) in [4.78, 5) is 14.7. The highest BCUT2D eigenvalue weighted by Gasteiger charge is 2.01. The highest BCUT2D eigenvalue weighted by atomic mass is 16.1. The number of amides is 1. The van der Waals surface area contributed by atoms with Crippen molar-refractivity contribution in [1.29, 1.82) is 0 Å². The molecule has 58 valence electrons. The van der Waals surface area contributed by atoms with Crippen molar-refractivity contribution in [2.75, 3.05) is 12.8 Å². The number of rotatable bonds is 1. The van der Waals surface area contributed by atoms with E-state index in [4.69, 9.17) is 5.73 Å². The zero-order chi connectivity index (χ0) is 8.27. The third-order valence-corrected chi connectivity index (χ3v) is 1.25. The van der Waals surface area contributed by atoms with Crippen molar-refractivity contribution in [3.63, 3.8) is 0 Å². The first-order valence-corrected chi connectivity index (χ1v) is 3.17. The number of hydrogen-bond donors (Lipinski definition) is 2. The Hall–Kier alpha value is -1.58. The van der Waals surface area contributed by atoms with Crippen LogP contribution in [0, 0.1) is 0 Å². The minimum absolute atomic E-state index is 0.204. The smallest absolute Gasteiger partial charge is 0.269 e. The number of pyridine rings is 1. The summed E-state index contributed by atoms with van der Waals surface area (Å²) in [6.07, 6.45) is 1.45. The van der Waals surface area contributed by atoms with Gasteiger partial charge in [-0.3, -0.25) is 4.79 Å². The SMILES string of the molecule is CNC(=O)c1ccc(N)cn1. The fourth-order valence-corrected chi connectivity index (χ4v) is 0.668. The number of aromatic nitrogens is 1. The number of anilines is 1. The van der Waals surface area contributed by atoms with Crippen LogP contribution in [-0.4, -0.2) is 17.9 Å². The fourth-order valence-electron chi connectivity index (χ4n) is 0.668. The lowest BCUT2D eigenvalue weighted by molar-refractivity contribution is 0.0958. The molecule has 0 bridgehead atoms. The van der Waals surface area contributed by atoms with Gasteiger partial charge in [0.15, 0.2) is 0 Å². The zero-order valence-electron chi connectivity index (χ0n) is 6.16. The molecule has 0 fully saturated rings. The standard InChI is InChI=1S/C7H9N3O/c1-9-7(11)6-3-2-5(8)4-10-6/h2-4H,8H2,1H3,(H,9,11).